The number of rotatable bonds is 29. The van der Waals surface area contributed by atoms with E-state index in [0.717, 1.165) is 6.92 Å². The van der Waals surface area contributed by atoms with E-state index in [1.807, 2.05) is 0 Å². The normalized spacial score (nSPS) is 22.3. The number of hydrogen-bond acceptors (Lipinski definition) is 22. The maximum absolute atomic E-state index is 15.7. The highest BCUT2D eigenvalue weighted by atomic mass is 16.6. The molecule has 13 amide bonds. The smallest absolute Gasteiger partial charge is 0.408 e. The van der Waals surface area contributed by atoms with Gasteiger partial charge in [-0.05, 0) is 101 Å². The Hall–Kier alpha value is -10.3. The molecule has 15 atom stereocenters. The summed E-state index contributed by atoms with van der Waals surface area (Å²) in [5.74, 6) is -18.2. The van der Waals surface area contributed by atoms with Crippen LogP contribution in [0.25, 0.3) is 0 Å². The molecule has 2 aromatic rings. The van der Waals surface area contributed by atoms with Crippen LogP contribution >= 0.6 is 0 Å². The Morgan fingerprint density at radius 3 is 1.68 bits per heavy atom. The highest BCUT2D eigenvalue weighted by molar-refractivity contribution is 6.00. The van der Waals surface area contributed by atoms with Crippen LogP contribution in [0.3, 0.4) is 0 Å². The molecule has 0 radical (unpaired) electrons. The minimum Gasteiger partial charge on any atom is -0.453 e. The fourth-order valence-corrected chi connectivity index (χ4v) is 11.0. The van der Waals surface area contributed by atoms with Crippen LogP contribution in [-0.2, 0) is 78.4 Å². The topological polar surface area (TPSA) is 566 Å². The van der Waals surface area contributed by atoms with Crippen molar-refractivity contribution < 1.29 is 102 Å². The van der Waals surface area contributed by atoms with Crippen molar-refractivity contribution in [3.8, 4) is 0 Å². The molecule has 1 heterocycles. The Bertz CT molecular complexity index is 3420. The van der Waals surface area contributed by atoms with Crippen molar-refractivity contribution in [2.75, 3.05) is 32.8 Å². The number of amides is 13. The number of alkyl carbamates (subject to hydrolysis) is 2. The van der Waals surface area contributed by atoms with Gasteiger partial charge in [0.25, 0.3) is 5.91 Å². The highest BCUT2D eigenvalue weighted by Gasteiger charge is 2.44. The molecule has 0 saturated carbocycles. The Balaban J connectivity index is 2.43. The number of aliphatic hydroxyl groups excluding tert-OH is 4. The van der Waals surface area contributed by atoms with Crippen molar-refractivity contribution in [3.63, 3.8) is 0 Å². The summed E-state index contributed by atoms with van der Waals surface area (Å²) in [5, 5.41) is 87.4. The molecule has 1 aliphatic heterocycles. The summed E-state index contributed by atoms with van der Waals surface area (Å²) in [5.41, 5.74) is 5.05. The second-order valence-corrected chi connectivity index (χ2v) is 29.6. The van der Waals surface area contributed by atoms with Gasteiger partial charge in [0.05, 0.1) is 25.4 Å². The van der Waals surface area contributed by atoms with E-state index >= 15 is 14.4 Å². The third-order valence-electron chi connectivity index (χ3n) is 17.0. The number of esters is 1. The first-order valence-electron chi connectivity index (χ1n) is 36.8. The molecular weight excluding hydrogens is 1440 g/mol. The molecule has 0 bridgehead atoms. The molecule has 37 heteroatoms. The van der Waals surface area contributed by atoms with Gasteiger partial charge in [0, 0.05) is 19.6 Å². The van der Waals surface area contributed by atoms with E-state index < -0.39 is 223 Å². The second kappa shape index (κ2) is 46.3. The van der Waals surface area contributed by atoms with Crippen molar-refractivity contribution in [3.05, 3.63) is 71.8 Å². The number of ether oxygens (including phenoxy) is 3. The summed E-state index contributed by atoms with van der Waals surface area (Å²) in [4.78, 5) is 202. The lowest BCUT2D eigenvalue weighted by Crippen LogP contribution is -2.64. The highest BCUT2D eigenvalue weighted by Crippen LogP contribution is 2.25. The lowest BCUT2D eigenvalue weighted by molar-refractivity contribution is -0.159. The number of aliphatic hydroxyl groups is 4. The maximum Gasteiger partial charge on any atom is 0.408 e. The Labute approximate surface area is 640 Å². The first kappa shape index (κ1) is 93.9. The van der Waals surface area contributed by atoms with Gasteiger partial charge in [-0.15, -0.1) is 0 Å². The standard InChI is InChI=1S/C73H116N16O21/c1-15-41(10)51-64(100)87-52(42(11)91)63(99)79-34-50(92)85-54(57(94)68(104)76-29-30-78-71(106)108-36-43-23-18-16-19-24-43)66(102)83-49(35-90)69(105)109-58(44-25-20-17-21-26-44)55(89-62(98)47(32-38(4)5)81-61(97)48(33-39(6)7)84-72(107)110-73(12,13)14)67(103)88-53(56(93)40(8)9)65(101)82-46(31-37(2)3)60(96)80-45(59(95)86-51)27-22-28-77-70(74)75/h16-21,23-26,37-42,45-49,51-58,90-91,93-94H,15,22,27-36H2,1-14H3,(H,76,104)(H,78,106)(H,79,99)(H,80,96)(H,81,97)(H,82,101)(H,83,102)(H,84,107)(H,85,92)(H,86,95)(H,87,100)(H,88,103)(H,89,98)(H4,74,75,77)/t41-,42-,45+,46-,47-,48+,49-,51-,52-,53-,54-,55-,56+,57-,58+/m0/s1. The van der Waals surface area contributed by atoms with Crippen molar-refractivity contribution in [1.29, 1.82) is 5.41 Å². The summed E-state index contributed by atoms with van der Waals surface area (Å²) >= 11 is 0. The van der Waals surface area contributed by atoms with Crippen LogP contribution in [0.5, 0.6) is 0 Å². The number of nitrogens with two attached hydrogens (primary N) is 1. The van der Waals surface area contributed by atoms with Gasteiger partial charge >= 0.3 is 18.2 Å². The Kier molecular flexibility index (Phi) is 39.5. The molecule has 1 saturated heterocycles. The largest absolute Gasteiger partial charge is 0.453 e. The van der Waals surface area contributed by atoms with E-state index in [2.05, 4.69) is 74.4 Å². The first-order valence-corrected chi connectivity index (χ1v) is 36.8. The van der Waals surface area contributed by atoms with E-state index in [9.17, 15) is 73.2 Å². The fourth-order valence-electron chi connectivity index (χ4n) is 11.0. The van der Waals surface area contributed by atoms with Gasteiger partial charge in [-0.1, -0.05) is 136 Å². The number of benzene rings is 2. The lowest BCUT2D eigenvalue weighted by atomic mass is 9.95. The van der Waals surface area contributed by atoms with Gasteiger partial charge in [-0.25, -0.2) is 14.4 Å². The second-order valence-electron chi connectivity index (χ2n) is 29.6. The van der Waals surface area contributed by atoms with Crippen LogP contribution in [0.1, 0.15) is 153 Å². The lowest BCUT2D eigenvalue weighted by Gasteiger charge is -2.34. The molecule has 0 unspecified atom stereocenters. The predicted molar refractivity (Wildman–Crippen MR) is 399 cm³/mol. The maximum atomic E-state index is 15.7. The minimum atomic E-state index is -2.64. The average molecular weight is 1550 g/mol. The van der Waals surface area contributed by atoms with Gasteiger partial charge in [0.15, 0.2) is 24.2 Å². The molecule has 614 valence electrons. The summed E-state index contributed by atoms with van der Waals surface area (Å²) < 4.78 is 16.7. The molecule has 37 nitrogen and oxygen atoms in total. The van der Waals surface area contributed by atoms with Crippen molar-refractivity contribution in [1.82, 2.24) is 74.4 Å². The van der Waals surface area contributed by atoms with Crippen molar-refractivity contribution in [2.45, 2.75) is 232 Å². The summed E-state index contributed by atoms with van der Waals surface area (Å²) in [6, 6.07) is -3.24. The summed E-state index contributed by atoms with van der Waals surface area (Å²) in [7, 11) is 0. The van der Waals surface area contributed by atoms with Gasteiger partial charge in [0.2, 0.25) is 59.1 Å². The van der Waals surface area contributed by atoms with E-state index in [-0.39, 0.29) is 69.7 Å². The van der Waals surface area contributed by atoms with E-state index in [1.165, 1.54) is 44.2 Å². The van der Waals surface area contributed by atoms with Gasteiger partial charge in [-0.2, -0.15) is 0 Å². The number of hydrogen-bond donors (Lipinski definition) is 20. The summed E-state index contributed by atoms with van der Waals surface area (Å²) in [6.07, 6.45) is -10.6. The van der Waals surface area contributed by atoms with E-state index in [4.69, 9.17) is 25.4 Å². The monoisotopic (exact) mass is 1550 g/mol. The number of nitrogens with one attached hydrogen (secondary N) is 15. The number of guanidine groups is 1. The molecule has 0 spiro atoms. The van der Waals surface area contributed by atoms with Crippen LogP contribution in [0.15, 0.2) is 60.7 Å². The molecule has 0 aliphatic carbocycles. The van der Waals surface area contributed by atoms with Crippen LogP contribution in [-0.4, -0.2) is 227 Å². The predicted octanol–water partition coefficient (Wildman–Crippen LogP) is -2.10. The van der Waals surface area contributed by atoms with Crippen LogP contribution < -0.4 is 80.2 Å². The Morgan fingerprint density at radius 2 is 1.13 bits per heavy atom. The van der Waals surface area contributed by atoms with E-state index in [1.54, 1.807) is 106 Å². The minimum absolute atomic E-state index is 0.0142. The number of cyclic esters (lactones) is 1. The quantitative estimate of drug-likeness (QED) is 0.0136. The third kappa shape index (κ3) is 32.9. The van der Waals surface area contributed by atoms with Crippen molar-refractivity contribution in [2.24, 2.45) is 35.3 Å². The zero-order valence-electron chi connectivity index (χ0n) is 65.0. The molecule has 110 heavy (non-hydrogen) atoms. The molecule has 1 fully saturated rings. The molecule has 1 aliphatic rings. The fraction of sp³-hybridized carbons (Fsp3) is 0.630. The SMILES string of the molecule is CC[C@H](C)[C@@H]1NC(=O)[C@@H](CCCNC(=N)N)NC(=O)[C@H](CC(C)C)NC(=O)[C@H]([C@H](O)C(C)C)NC(=O)[C@@H](NC(=O)[C@H](CC(C)C)NC(=O)[C@@H](CC(C)C)NC(=O)OC(C)(C)C)[C@@H](c2ccccc2)OC(=O)[C@H](CO)NC(=O)[C@H]([C@H](O)C(=O)NCCNC(=O)OCc2ccccc2)NC(=O)CNC(=O)[C@H]([C@H](C)O)NC1=O. The number of carbonyl (C=O) groups excluding carboxylic acids is 14. The van der Waals surface area contributed by atoms with E-state index in [0.29, 0.717) is 5.56 Å². The van der Waals surface area contributed by atoms with Gasteiger partial charge in [-0.3, -0.25) is 58.1 Å². The van der Waals surface area contributed by atoms with Crippen LogP contribution in [0.4, 0.5) is 9.59 Å². The van der Waals surface area contributed by atoms with Gasteiger partial charge in [0.1, 0.15) is 66.6 Å². The van der Waals surface area contributed by atoms with Crippen LogP contribution in [0.2, 0.25) is 0 Å². The van der Waals surface area contributed by atoms with Crippen molar-refractivity contribution >= 4 is 89.1 Å². The van der Waals surface area contributed by atoms with Gasteiger partial charge < -0.3 is 115 Å². The number of carbonyl (C=O) groups is 14. The molecule has 2 aromatic carbocycles. The first-order chi connectivity index (χ1) is 51.6. The molecular formula is C73H116N16O21. The zero-order chi connectivity index (χ0) is 82.9. The molecule has 21 N–H and O–H groups in total. The molecule has 3 rings (SSSR count). The Morgan fingerprint density at radius 1 is 0.591 bits per heavy atom. The third-order valence-corrected chi connectivity index (χ3v) is 17.0. The zero-order valence-corrected chi connectivity index (χ0v) is 65.0. The van der Waals surface area contributed by atoms with Crippen LogP contribution in [0, 0.1) is 35.0 Å². The average Bonchev–Trinajstić information content (AvgIpc) is 0.809. The summed E-state index contributed by atoms with van der Waals surface area (Å²) in [6.45, 7) is 18.8. The molecule has 0 aromatic heterocycles.